The number of hydrogen-bond donors (Lipinski definition) is 1. The Hall–Kier alpha value is -1.93. The molecule has 0 saturated carbocycles. The first-order chi connectivity index (χ1) is 9.35. The highest BCUT2D eigenvalue weighted by molar-refractivity contribution is 7.99. The van der Waals surface area contributed by atoms with E-state index in [9.17, 15) is 0 Å². The normalized spacial score (nSPS) is 10.6. The van der Waals surface area contributed by atoms with Gasteiger partial charge in [0.15, 0.2) is 11.0 Å². The molecule has 0 aliphatic carbocycles. The molecule has 0 aliphatic heterocycles. The van der Waals surface area contributed by atoms with Crippen molar-refractivity contribution in [2.24, 2.45) is 0 Å². The molecule has 0 amide bonds. The average Bonchev–Trinajstić information content (AvgIpc) is 3.09. The second-order valence-corrected chi connectivity index (χ2v) is 5.31. The SMILES string of the molecule is COc1ccnc(Sc2n[nH]c(-c3cccs3)n2)n1. The fraction of sp³-hybridized carbons (Fsp3) is 0.0909. The van der Waals surface area contributed by atoms with Gasteiger partial charge in [0.1, 0.15) is 0 Å². The molecule has 3 heterocycles. The molecule has 1 N–H and O–H groups in total. The Morgan fingerprint density at radius 2 is 2.21 bits per heavy atom. The zero-order valence-electron chi connectivity index (χ0n) is 9.90. The third-order valence-corrected chi connectivity index (χ3v) is 3.84. The van der Waals surface area contributed by atoms with Crippen LogP contribution in [0.1, 0.15) is 0 Å². The molecule has 3 rings (SSSR count). The highest BCUT2D eigenvalue weighted by Gasteiger charge is 2.09. The van der Waals surface area contributed by atoms with Crippen LogP contribution in [0.5, 0.6) is 5.88 Å². The molecule has 0 bridgehead atoms. The van der Waals surface area contributed by atoms with Gasteiger partial charge < -0.3 is 4.74 Å². The standard InChI is InChI=1S/C11H9N5OS2/c1-17-8-4-5-12-10(13-8)19-11-14-9(15-16-11)7-3-2-6-18-7/h2-6H,1H3,(H,14,15,16). The van der Waals surface area contributed by atoms with Crippen molar-refractivity contribution in [2.75, 3.05) is 7.11 Å². The van der Waals surface area contributed by atoms with Crippen molar-refractivity contribution in [3.8, 4) is 16.6 Å². The third kappa shape index (κ3) is 2.74. The molecule has 0 saturated heterocycles. The Morgan fingerprint density at radius 3 is 3.00 bits per heavy atom. The minimum Gasteiger partial charge on any atom is -0.481 e. The number of H-pyrrole nitrogens is 1. The first-order valence-corrected chi connectivity index (χ1v) is 7.06. The van der Waals surface area contributed by atoms with E-state index in [2.05, 4.69) is 25.1 Å². The number of thiophene rings is 1. The Morgan fingerprint density at radius 1 is 1.26 bits per heavy atom. The largest absolute Gasteiger partial charge is 0.481 e. The summed E-state index contributed by atoms with van der Waals surface area (Å²) in [6.45, 7) is 0. The molecule has 0 aliphatic rings. The molecule has 3 aromatic heterocycles. The molecule has 0 aromatic carbocycles. The number of methoxy groups -OCH3 is 1. The van der Waals surface area contributed by atoms with Crippen LogP contribution in [-0.2, 0) is 0 Å². The maximum absolute atomic E-state index is 5.05. The Balaban J connectivity index is 1.80. The summed E-state index contributed by atoms with van der Waals surface area (Å²) in [4.78, 5) is 13.8. The second kappa shape index (κ2) is 5.37. The molecule has 0 spiro atoms. The smallest absolute Gasteiger partial charge is 0.217 e. The summed E-state index contributed by atoms with van der Waals surface area (Å²) in [5.74, 6) is 1.27. The van der Waals surface area contributed by atoms with E-state index < -0.39 is 0 Å². The van der Waals surface area contributed by atoms with Gasteiger partial charge >= 0.3 is 0 Å². The molecular weight excluding hydrogens is 282 g/mol. The van der Waals surface area contributed by atoms with Crippen LogP contribution in [0.3, 0.4) is 0 Å². The Labute approximate surface area is 117 Å². The van der Waals surface area contributed by atoms with E-state index in [0.717, 1.165) is 10.7 Å². The summed E-state index contributed by atoms with van der Waals surface area (Å²) in [6.07, 6.45) is 1.64. The third-order valence-electron chi connectivity index (χ3n) is 2.22. The van der Waals surface area contributed by atoms with Crippen molar-refractivity contribution in [3.63, 3.8) is 0 Å². The summed E-state index contributed by atoms with van der Waals surface area (Å²) in [6, 6.07) is 5.65. The van der Waals surface area contributed by atoms with Gasteiger partial charge in [0.25, 0.3) is 0 Å². The van der Waals surface area contributed by atoms with Gasteiger partial charge in [-0.15, -0.1) is 16.4 Å². The number of aromatic amines is 1. The lowest BCUT2D eigenvalue weighted by Crippen LogP contribution is -1.91. The van der Waals surface area contributed by atoms with Gasteiger partial charge in [-0.1, -0.05) is 6.07 Å². The number of nitrogens with one attached hydrogen (secondary N) is 1. The van der Waals surface area contributed by atoms with Crippen LogP contribution in [-0.4, -0.2) is 32.3 Å². The maximum atomic E-state index is 5.05. The summed E-state index contributed by atoms with van der Waals surface area (Å²) in [5, 5.41) is 10.2. The zero-order valence-corrected chi connectivity index (χ0v) is 11.5. The van der Waals surface area contributed by atoms with Gasteiger partial charge in [-0.05, 0) is 23.2 Å². The van der Waals surface area contributed by atoms with Crippen LogP contribution in [0.2, 0.25) is 0 Å². The van der Waals surface area contributed by atoms with E-state index in [-0.39, 0.29) is 0 Å². The molecule has 8 heteroatoms. The van der Waals surface area contributed by atoms with Gasteiger partial charge in [-0.25, -0.2) is 9.97 Å². The molecule has 3 aromatic rings. The van der Waals surface area contributed by atoms with Crippen molar-refractivity contribution in [1.29, 1.82) is 0 Å². The van der Waals surface area contributed by atoms with Crippen LogP contribution in [0.15, 0.2) is 40.1 Å². The summed E-state index contributed by atoms with van der Waals surface area (Å²) in [5.41, 5.74) is 0. The molecule has 0 unspecified atom stereocenters. The van der Waals surface area contributed by atoms with Crippen molar-refractivity contribution >= 4 is 23.1 Å². The van der Waals surface area contributed by atoms with E-state index in [0.29, 0.717) is 16.2 Å². The van der Waals surface area contributed by atoms with Crippen molar-refractivity contribution < 1.29 is 4.74 Å². The lowest BCUT2D eigenvalue weighted by atomic mass is 10.4. The number of nitrogens with zero attached hydrogens (tertiary/aromatic N) is 4. The minimum atomic E-state index is 0.520. The topological polar surface area (TPSA) is 76.6 Å². The van der Waals surface area contributed by atoms with Crippen LogP contribution in [0.4, 0.5) is 0 Å². The van der Waals surface area contributed by atoms with E-state index in [1.54, 1.807) is 30.7 Å². The highest BCUT2D eigenvalue weighted by Crippen LogP contribution is 2.26. The van der Waals surface area contributed by atoms with E-state index in [4.69, 9.17) is 4.74 Å². The van der Waals surface area contributed by atoms with Gasteiger partial charge in [-0.3, -0.25) is 5.10 Å². The van der Waals surface area contributed by atoms with Gasteiger partial charge in [0.05, 0.1) is 12.0 Å². The van der Waals surface area contributed by atoms with Crippen LogP contribution in [0.25, 0.3) is 10.7 Å². The Bertz CT molecular complexity index is 667. The molecule has 19 heavy (non-hydrogen) atoms. The first kappa shape index (κ1) is 12.1. The summed E-state index contributed by atoms with van der Waals surface area (Å²) >= 11 is 2.89. The fourth-order valence-corrected chi connectivity index (χ4v) is 2.69. The quantitative estimate of drug-likeness (QED) is 0.744. The molecule has 6 nitrogen and oxygen atoms in total. The van der Waals surface area contributed by atoms with Crippen LogP contribution in [0, 0.1) is 0 Å². The van der Waals surface area contributed by atoms with Gasteiger partial charge in [0, 0.05) is 12.3 Å². The highest BCUT2D eigenvalue weighted by atomic mass is 32.2. The van der Waals surface area contributed by atoms with E-state index in [1.165, 1.54) is 11.8 Å². The molecule has 96 valence electrons. The number of hydrogen-bond acceptors (Lipinski definition) is 7. The molecule has 0 radical (unpaired) electrons. The average molecular weight is 291 g/mol. The minimum absolute atomic E-state index is 0.520. The number of ether oxygens (including phenoxy) is 1. The summed E-state index contributed by atoms with van der Waals surface area (Å²) in [7, 11) is 1.57. The van der Waals surface area contributed by atoms with Crippen molar-refractivity contribution in [2.45, 2.75) is 10.3 Å². The lowest BCUT2D eigenvalue weighted by molar-refractivity contribution is 0.392. The van der Waals surface area contributed by atoms with Gasteiger partial charge in [-0.2, -0.15) is 4.98 Å². The first-order valence-electron chi connectivity index (χ1n) is 5.36. The second-order valence-electron chi connectivity index (χ2n) is 3.43. The maximum Gasteiger partial charge on any atom is 0.217 e. The monoisotopic (exact) mass is 291 g/mol. The summed E-state index contributed by atoms with van der Waals surface area (Å²) < 4.78 is 5.05. The molecule has 0 fully saturated rings. The van der Waals surface area contributed by atoms with Crippen LogP contribution >= 0.6 is 23.1 Å². The van der Waals surface area contributed by atoms with Crippen LogP contribution < -0.4 is 4.74 Å². The van der Waals surface area contributed by atoms with Crippen molar-refractivity contribution in [3.05, 3.63) is 29.8 Å². The predicted molar refractivity (Wildman–Crippen MR) is 72.4 cm³/mol. The predicted octanol–water partition coefficient (Wildman–Crippen LogP) is 2.48. The van der Waals surface area contributed by atoms with Crippen molar-refractivity contribution in [1.82, 2.24) is 25.1 Å². The molecular formula is C11H9N5OS2. The molecule has 0 atom stereocenters. The number of aromatic nitrogens is 5. The lowest BCUT2D eigenvalue weighted by Gasteiger charge is -1.98. The van der Waals surface area contributed by atoms with E-state index >= 15 is 0 Å². The number of rotatable bonds is 4. The fourth-order valence-electron chi connectivity index (χ4n) is 1.39. The zero-order chi connectivity index (χ0) is 13.1. The van der Waals surface area contributed by atoms with E-state index in [1.807, 2.05) is 17.5 Å². The Kier molecular flexibility index (Phi) is 3.43. The van der Waals surface area contributed by atoms with Gasteiger partial charge in [0.2, 0.25) is 11.0 Å².